The Bertz CT molecular complexity index is 540. The summed E-state index contributed by atoms with van der Waals surface area (Å²) in [5, 5.41) is 0. The molecular formula is C13H12BrF3O3. The second kappa shape index (κ2) is 4.95. The standard InChI is InChI=1S/C13H12BrF3O3/c1-12(2)10(18)6-11(12)19-7-3-4-9(8(14)5-7)20-13(15,16)17/h3-5,11H,6H2,1-2H3. The number of carbonyl (C=O) groups is 1. The maximum absolute atomic E-state index is 12.1. The molecule has 1 aromatic rings. The number of hydrogen-bond acceptors (Lipinski definition) is 3. The molecule has 0 bridgehead atoms. The molecule has 0 amide bonds. The molecule has 0 saturated heterocycles. The summed E-state index contributed by atoms with van der Waals surface area (Å²) >= 11 is 3.00. The molecular weight excluding hydrogens is 341 g/mol. The van der Waals surface area contributed by atoms with Gasteiger partial charge in [0.05, 0.1) is 9.89 Å². The van der Waals surface area contributed by atoms with Crippen molar-refractivity contribution < 1.29 is 27.4 Å². The molecule has 1 aliphatic rings. The molecule has 1 saturated carbocycles. The van der Waals surface area contributed by atoms with Crippen molar-refractivity contribution in [3.8, 4) is 11.5 Å². The normalized spacial score (nSPS) is 21.3. The smallest absolute Gasteiger partial charge is 0.489 e. The second-order valence-corrected chi connectivity index (χ2v) is 5.95. The number of carbonyl (C=O) groups excluding carboxylic acids is 1. The number of rotatable bonds is 3. The molecule has 0 aromatic heterocycles. The fraction of sp³-hybridized carbons (Fsp3) is 0.462. The van der Waals surface area contributed by atoms with Crippen molar-refractivity contribution in [2.75, 3.05) is 0 Å². The van der Waals surface area contributed by atoms with E-state index in [2.05, 4.69) is 20.7 Å². The van der Waals surface area contributed by atoms with Crippen LogP contribution in [0.1, 0.15) is 20.3 Å². The van der Waals surface area contributed by atoms with E-state index in [0.717, 1.165) is 0 Å². The summed E-state index contributed by atoms with van der Waals surface area (Å²) in [7, 11) is 0. The van der Waals surface area contributed by atoms with Gasteiger partial charge in [-0.1, -0.05) is 0 Å². The van der Waals surface area contributed by atoms with Crippen LogP contribution < -0.4 is 9.47 Å². The van der Waals surface area contributed by atoms with E-state index in [1.54, 1.807) is 13.8 Å². The molecule has 7 heteroatoms. The fourth-order valence-electron chi connectivity index (χ4n) is 1.85. The minimum Gasteiger partial charge on any atom is -0.489 e. The zero-order valence-corrected chi connectivity index (χ0v) is 12.3. The Balaban J connectivity index is 2.09. The molecule has 0 aliphatic heterocycles. The predicted molar refractivity (Wildman–Crippen MR) is 68.6 cm³/mol. The molecule has 3 nitrogen and oxygen atoms in total. The first-order chi connectivity index (χ1) is 9.09. The van der Waals surface area contributed by atoms with Gasteiger partial charge in [0.15, 0.2) is 0 Å². The maximum Gasteiger partial charge on any atom is 0.573 e. The Morgan fingerprint density at radius 1 is 1.35 bits per heavy atom. The number of benzene rings is 1. The van der Waals surface area contributed by atoms with Crippen molar-refractivity contribution in [1.29, 1.82) is 0 Å². The van der Waals surface area contributed by atoms with Crippen molar-refractivity contribution in [2.45, 2.75) is 32.7 Å². The lowest BCUT2D eigenvalue weighted by atomic mass is 9.68. The number of Topliss-reactive ketones (excluding diaryl/α,β-unsaturated/α-hetero) is 1. The van der Waals surface area contributed by atoms with Crippen molar-refractivity contribution in [3.05, 3.63) is 22.7 Å². The summed E-state index contributed by atoms with van der Waals surface area (Å²) in [5.74, 6) is 0.157. The minimum atomic E-state index is -4.74. The number of alkyl halides is 3. The van der Waals surface area contributed by atoms with Crippen LogP contribution in [0.3, 0.4) is 0 Å². The van der Waals surface area contributed by atoms with Gasteiger partial charge in [-0.3, -0.25) is 4.79 Å². The highest BCUT2D eigenvalue weighted by molar-refractivity contribution is 9.10. The van der Waals surface area contributed by atoms with Crippen molar-refractivity contribution in [2.24, 2.45) is 5.41 Å². The van der Waals surface area contributed by atoms with Gasteiger partial charge in [0.1, 0.15) is 23.4 Å². The second-order valence-electron chi connectivity index (χ2n) is 5.10. The van der Waals surface area contributed by atoms with Crippen LogP contribution in [0.25, 0.3) is 0 Å². The topological polar surface area (TPSA) is 35.5 Å². The van der Waals surface area contributed by atoms with Crippen molar-refractivity contribution in [3.63, 3.8) is 0 Å². The van der Waals surface area contributed by atoms with Gasteiger partial charge in [0.25, 0.3) is 0 Å². The van der Waals surface area contributed by atoms with E-state index in [0.29, 0.717) is 12.2 Å². The van der Waals surface area contributed by atoms with Crippen LogP contribution >= 0.6 is 15.9 Å². The first-order valence-electron chi connectivity index (χ1n) is 5.85. The van der Waals surface area contributed by atoms with E-state index in [9.17, 15) is 18.0 Å². The highest BCUT2D eigenvalue weighted by atomic mass is 79.9. The third-order valence-electron chi connectivity index (χ3n) is 3.30. The average Bonchev–Trinajstić information content (AvgIpc) is 2.31. The average molecular weight is 353 g/mol. The van der Waals surface area contributed by atoms with Gasteiger partial charge in [0.2, 0.25) is 0 Å². The Morgan fingerprint density at radius 2 is 2.00 bits per heavy atom. The lowest BCUT2D eigenvalue weighted by Crippen LogP contribution is -2.52. The van der Waals surface area contributed by atoms with Gasteiger partial charge >= 0.3 is 6.36 Å². The molecule has 110 valence electrons. The van der Waals surface area contributed by atoms with Crippen molar-refractivity contribution >= 4 is 21.7 Å². The molecule has 0 heterocycles. The molecule has 0 N–H and O–H groups in total. The molecule has 20 heavy (non-hydrogen) atoms. The molecule has 1 aromatic carbocycles. The third-order valence-corrected chi connectivity index (χ3v) is 3.92. The van der Waals surface area contributed by atoms with Gasteiger partial charge in [-0.05, 0) is 48.0 Å². The van der Waals surface area contributed by atoms with Gasteiger partial charge < -0.3 is 9.47 Å². The van der Waals surface area contributed by atoms with E-state index >= 15 is 0 Å². The SMILES string of the molecule is CC1(C)C(=O)CC1Oc1ccc(OC(F)(F)F)c(Br)c1. The monoisotopic (exact) mass is 352 g/mol. The molecule has 1 fully saturated rings. The summed E-state index contributed by atoms with van der Waals surface area (Å²) in [6.07, 6.45) is -4.70. The first-order valence-corrected chi connectivity index (χ1v) is 6.64. The Kier molecular flexibility index (Phi) is 3.75. The first kappa shape index (κ1) is 15.2. The summed E-state index contributed by atoms with van der Waals surface area (Å²) < 4.78 is 46.0. The third kappa shape index (κ3) is 3.08. The van der Waals surface area contributed by atoms with E-state index < -0.39 is 11.8 Å². The van der Waals surface area contributed by atoms with Gasteiger partial charge in [-0.15, -0.1) is 13.2 Å². The van der Waals surface area contributed by atoms with Crippen LogP contribution in [0.2, 0.25) is 0 Å². The Morgan fingerprint density at radius 3 is 2.45 bits per heavy atom. The quantitative estimate of drug-likeness (QED) is 0.821. The number of halogens is 4. The van der Waals surface area contributed by atoms with Crippen LogP contribution in [0, 0.1) is 5.41 Å². The van der Waals surface area contributed by atoms with Gasteiger partial charge in [-0.25, -0.2) is 0 Å². The molecule has 1 aliphatic carbocycles. The van der Waals surface area contributed by atoms with Crippen LogP contribution in [0.4, 0.5) is 13.2 Å². The largest absolute Gasteiger partial charge is 0.573 e. The maximum atomic E-state index is 12.1. The van der Waals surface area contributed by atoms with Crippen LogP contribution in [-0.2, 0) is 4.79 Å². The van der Waals surface area contributed by atoms with Crippen LogP contribution in [0.5, 0.6) is 11.5 Å². The van der Waals surface area contributed by atoms with Gasteiger partial charge in [-0.2, -0.15) is 0 Å². The summed E-state index contributed by atoms with van der Waals surface area (Å²) in [6.45, 7) is 3.55. The van der Waals surface area contributed by atoms with Gasteiger partial charge in [0, 0.05) is 6.42 Å². The summed E-state index contributed by atoms with van der Waals surface area (Å²) in [5.41, 5.74) is -0.562. The Labute approximate surface area is 122 Å². The lowest BCUT2D eigenvalue weighted by Gasteiger charge is -2.41. The molecule has 1 unspecified atom stereocenters. The molecule has 0 spiro atoms. The fourth-order valence-corrected chi connectivity index (χ4v) is 2.29. The molecule has 0 radical (unpaired) electrons. The molecule has 1 atom stereocenters. The highest BCUT2D eigenvalue weighted by Crippen LogP contribution is 2.40. The van der Waals surface area contributed by atoms with E-state index in [1.807, 2.05) is 0 Å². The zero-order valence-electron chi connectivity index (χ0n) is 10.8. The van der Waals surface area contributed by atoms with Crippen LogP contribution in [-0.4, -0.2) is 18.2 Å². The summed E-state index contributed by atoms with van der Waals surface area (Å²) in [4.78, 5) is 11.4. The summed E-state index contributed by atoms with van der Waals surface area (Å²) in [6, 6.07) is 3.94. The minimum absolute atomic E-state index is 0.110. The highest BCUT2D eigenvalue weighted by Gasteiger charge is 2.49. The lowest BCUT2D eigenvalue weighted by molar-refractivity contribution is -0.274. The van der Waals surface area contributed by atoms with E-state index in [1.165, 1.54) is 18.2 Å². The van der Waals surface area contributed by atoms with E-state index in [-0.39, 0.29) is 22.1 Å². The Hall–Kier alpha value is -1.24. The molecule has 2 rings (SSSR count). The predicted octanol–water partition coefficient (Wildman–Crippen LogP) is 4.09. The van der Waals surface area contributed by atoms with E-state index in [4.69, 9.17) is 4.74 Å². The number of hydrogen-bond donors (Lipinski definition) is 0. The number of ether oxygens (including phenoxy) is 2. The van der Waals surface area contributed by atoms with Crippen LogP contribution in [0.15, 0.2) is 22.7 Å². The number of ketones is 1. The zero-order chi connectivity index (χ0) is 15.1. The van der Waals surface area contributed by atoms with Crippen molar-refractivity contribution in [1.82, 2.24) is 0 Å².